The summed E-state index contributed by atoms with van der Waals surface area (Å²) in [6.45, 7) is 12.3. The largest absolute Gasteiger partial charge is 0.295 e. The van der Waals surface area contributed by atoms with Crippen LogP contribution in [0.3, 0.4) is 0 Å². The second-order valence-electron chi connectivity index (χ2n) is 6.45. The van der Waals surface area contributed by atoms with Gasteiger partial charge in [-0.05, 0) is 46.7 Å². The molecule has 21 heavy (non-hydrogen) atoms. The van der Waals surface area contributed by atoms with Crippen LogP contribution in [0.2, 0.25) is 0 Å². The minimum atomic E-state index is -0.00280. The maximum absolute atomic E-state index is 11.8. The molecule has 0 atom stereocenters. The average molecular weight is 278 g/mol. The molecule has 108 valence electrons. The Kier molecular flexibility index (Phi) is 4.13. The van der Waals surface area contributed by atoms with Gasteiger partial charge in [-0.3, -0.25) is 4.79 Å². The number of rotatable bonds is 3. The van der Waals surface area contributed by atoms with Gasteiger partial charge in [0, 0.05) is 5.56 Å². The summed E-state index contributed by atoms with van der Waals surface area (Å²) in [5, 5.41) is 0. The zero-order valence-electron chi connectivity index (χ0n) is 13.2. The number of carbonyl (C=O) groups is 1. The Morgan fingerprint density at radius 2 is 1.48 bits per heavy atom. The first-order chi connectivity index (χ1) is 9.79. The summed E-state index contributed by atoms with van der Waals surface area (Å²) in [5.41, 5.74) is 4.94. The molecule has 0 radical (unpaired) electrons. The summed E-state index contributed by atoms with van der Waals surface area (Å²) in [6, 6.07) is 16.1. The van der Waals surface area contributed by atoms with Crippen molar-refractivity contribution in [3.05, 3.63) is 77.4 Å². The number of carbonyl (C=O) groups excluding carboxylic acids is 1. The quantitative estimate of drug-likeness (QED) is 0.701. The maximum Gasteiger partial charge on any atom is 0.159 e. The first kappa shape index (κ1) is 15.2. The Bertz CT molecular complexity index is 673. The molecule has 0 saturated heterocycles. The fraction of sp³-hybridized carbons (Fsp3) is 0.250. The lowest BCUT2D eigenvalue weighted by Crippen LogP contribution is -2.13. The fourth-order valence-corrected chi connectivity index (χ4v) is 2.24. The second-order valence-corrected chi connectivity index (χ2v) is 6.45. The van der Waals surface area contributed by atoms with Crippen molar-refractivity contribution in [2.75, 3.05) is 0 Å². The maximum atomic E-state index is 11.8. The molecule has 0 unspecified atom stereocenters. The van der Waals surface area contributed by atoms with E-state index in [2.05, 4.69) is 33.4 Å². The van der Waals surface area contributed by atoms with Crippen LogP contribution in [0.25, 0.3) is 5.57 Å². The Morgan fingerprint density at radius 1 is 0.905 bits per heavy atom. The molecule has 0 heterocycles. The van der Waals surface area contributed by atoms with Crippen molar-refractivity contribution < 1.29 is 4.79 Å². The van der Waals surface area contributed by atoms with E-state index in [0.717, 1.165) is 27.8 Å². The first-order valence-corrected chi connectivity index (χ1v) is 7.20. The number of hydrogen-bond donors (Lipinski definition) is 0. The molecule has 2 aromatic carbocycles. The highest BCUT2D eigenvalue weighted by molar-refractivity contribution is 5.95. The molecule has 0 aliphatic rings. The van der Waals surface area contributed by atoms with Gasteiger partial charge in [0.25, 0.3) is 0 Å². The molecule has 1 nitrogen and oxygen atoms in total. The average Bonchev–Trinajstić information content (AvgIpc) is 2.46. The van der Waals surface area contributed by atoms with Gasteiger partial charge in [-0.25, -0.2) is 0 Å². The Hall–Kier alpha value is -2.15. The van der Waals surface area contributed by atoms with Crippen LogP contribution >= 0.6 is 0 Å². The first-order valence-electron chi connectivity index (χ1n) is 7.20. The highest BCUT2D eigenvalue weighted by Gasteiger charge is 2.17. The molecule has 0 amide bonds. The predicted molar refractivity (Wildman–Crippen MR) is 89.7 cm³/mol. The molecule has 2 rings (SSSR count). The SMILES string of the molecule is C=C(c1ccccc1)c1cc(C(C)=O)cc(C(C)(C)C)c1. The van der Waals surface area contributed by atoms with Crippen LogP contribution in [0.4, 0.5) is 0 Å². The Labute approximate surface area is 127 Å². The van der Waals surface area contributed by atoms with E-state index in [0.29, 0.717) is 0 Å². The molecule has 1 heteroatoms. The van der Waals surface area contributed by atoms with E-state index in [9.17, 15) is 4.79 Å². The summed E-state index contributed by atoms with van der Waals surface area (Å²) in [6.07, 6.45) is 0. The second kappa shape index (κ2) is 5.69. The molecule has 0 fully saturated rings. The molecule has 0 saturated carbocycles. The predicted octanol–water partition coefficient (Wildman–Crippen LogP) is 5.25. The summed E-state index contributed by atoms with van der Waals surface area (Å²) >= 11 is 0. The van der Waals surface area contributed by atoms with Gasteiger partial charge in [-0.15, -0.1) is 0 Å². The zero-order chi connectivity index (χ0) is 15.6. The van der Waals surface area contributed by atoms with Crippen LogP contribution in [0.5, 0.6) is 0 Å². The summed E-state index contributed by atoms with van der Waals surface area (Å²) in [4.78, 5) is 11.8. The molecule has 0 aliphatic carbocycles. The van der Waals surface area contributed by atoms with Crippen LogP contribution in [0, 0.1) is 0 Å². The zero-order valence-corrected chi connectivity index (χ0v) is 13.2. The lowest BCUT2D eigenvalue weighted by Gasteiger charge is -2.21. The molecule has 0 spiro atoms. The highest BCUT2D eigenvalue weighted by Crippen LogP contribution is 2.29. The van der Waals surface area contributed by atoms with E-state index in [1.165, 1.54) is 0 Å². The number of ketones is 1. The van der Waals surface area contributed by atoms with Gasteiger partial charge >= 0.3 is 0 Å². The third kappa shape index (κ3) is 3.49. The molecular formula is C20H22O. The van der Waals surface area contributed by atoms with E-state index in [-0.39, 0.29) is 11.2 Å². The van der Waals surface area contributed by atoms with Gasteiger partial charge in [0.1, 0.15) is 0 Å². The van der Waals surface area contributed by atoms with Crippen molar-refractivity contribution in [2.45, 2.75) is 33.1 Å². The van der Waals surface area contributed by atoms with Crippen molar-refractivity contribution >= 4 is 11.4 Å². The van der Waals surface area contributed by atoms with Crippen LogP contribution in [-0.2, 0) is 5.41 Å². The standard InChI is InChI=1S/C20H22O/c1-14(16-9-7-6-8-10-16)17-11-18(15(2)21)13-19(12-17)20(3,4)5/h6-13H,1H2,2-5H3. The van der Waals surface area contributed by atoms with Gasteiger partial charge < -0.3 is 0 Å². The van der Waals surface area contributed by atoms with Crippen molar-refractivity contribution in [3.8, 4) is 0 Å². The van der Waals surface area contributed by atoms with E-state index in [1.807, 2.05) is 42.5 Å². The van der Waals surface area contributed by atoms with E-state index in [1.54, 1.807) is 6.92 Å². The van der Waals surface area contributed by atoms with E-state index < -0.39 is 0 Å². The minimum Gasteiger partial charge on any atom is -0.295 e. The third-order valence-electron chi connectivity index (χ3n) is 3.68. The van der Waals surface area contributed by atoms with E-state index >= 15 is 0 Å². The van der Waals surface area contributed by atoms with Crippen molar-refractivity contribution in [1.82, 2.24) is 0 Å². The Balaban J connectivity index is 2.56. The Morgan fingerprint density at radius 3 is 2.00 bits per heavy atom. The van der Waals surface area contributed by atoms with Crippen molar-refractivity contribution in [1.29, 1.82) is 0 Å². The third-order valence-corrected chi connectivity index (χ3v) is 3.68. The van der Waals surface area contributed by atoms with Crippen LogP contribution < -0.4 is 0 Å². The normalized spacial score (nSPS) is 11.2. The molecule has 2 aromatic rings. The number of benzene rings is 2. The molecular weight excluding hydrogens is 256 g/mol. The molecule has 0 aromatic heterocycles. The lowest BCUT2D eigenvalue weighted by atomic mass is 9.83. The van der Waals surface area contributed by atoms with Gasteiger partial charge in [0.05, 0.1) is 0 Å². The van der Waals surface area contributed by atoms with Crippen LogP contribution in [0.1, 0.15) is 54.7 Å². The van der Waals surface area contributed by atoms with Crippen LogP contribution in [-0.4, -0.2) is 5.78 Å². The smallest absolute Gasteiger partial charge is 0.159 e. The van der Waals surface area contributed by atoms with Gasteiger partial charge in [0.2, 0.25) is 0 Å². The molecule has 0 bridgehead atoms. The summed E-state index contributed by atoms with van der Waals surface area (Å²) in [7, 11) is 0. The van der Waals surface area contributed by atoms with Gasteiger partial charge in [0.15, 0.2) is 5.78 Å². The van der Waals surface area contributed by atoms with E-state index in [4.69, 9.17) is 0 Å². The summed E-state index contributed by atoms with van der Waals surface area (Å²) < 4.78 is 0. The topological polar surface area (TPSA) is 17.1 Å². The number of Topliss-reactive ketones (excluding diaryl/α,β-unsaturated/α-hetero) is 1. The van der Waals surface area contributed by atoms with Gasteiger partial charge in [-0.1, -0.05) is 63.7 Å². The molecule has 0 aliphatic heterocycles. The van der Waals surface area contributed by atoms with Crippen molar-refractivity contribution in [3.63, 3.8) is 0 Å². The summed E-state index contributed by atoms with van der Waals surface area (Å²) in [5.74, 6) is 0.0863. The lowest BCUT2D eigenvalue weighted by molar-refractivity contribution is 0.101. The minimum absolute atomic E-state index is 0.00280. The molecule has 0 N–H and O–H groups in total. The van der Waals surface area contributed by atoms with Gasteiger partial charge in [-0.2, -0.15) is 0 Å². The van der Waals surface area contributed by atoms with Crippen molar-refractivity contribution in [2.24, 2.45) is 0 Å². The highest BCUT2D eigenvalue weighted by atomic mass is 16.1. The fourth-order valence-electron chi connectivity index (χ4n) is 2.24. The monoisotopic (exact) mass is 278 g/mol. The van der Waals surface area contributed by atoms with Crippen LogP contribution in [0.15, 0.2) is 55.1 Å². The number of hydrogen-bond acceptors (Lipinski definition) is 1.